The Morgan fingerprint density at radius 2 is 1.58 bits per heavy atom. The van der Waals surface area contributed by atoms with Crippen LogP contribution in [0.5, 0.6) is 0 Å². The smallest absolute Gasteiger partial charge is 0.279 e. The molecule has 0 unspecified atom stereocenters. The number of carbonyl (C=O) groups excluding carboxylic acids is 1. The summed E-state index contributed by atoms with van der Waals surface area (Å²) in [7, 11) is 0. The van der Waals surface area contributed by atoms with Crippen LogP contribution in [-0.4, -0.2) is 38.6 Å². The summed E-state index contributed by atoms with van der Waals surface area (Å²) in [5.74, 6) is -4.31. The lowest BCUT2D eigenvalue weighted by molar-refractivity contribution is -0.892. The van der Waals surface area contributed by atoms with E-state index in [2.05, 4.69) is 10.2 Å². The Morgan fingerprint density at radius 3 is 2.23 bits per heavy atom. The zero-order valence-electron chi connectivity index (χ0n) is 13.9. The quantitative estimate of drug-likeness (QED) is 0.635. The molecule has 138 valence electrons. The number of rotatable bonds is 4. The van der Waals surface area contributed by atoms with E-state index in [0.29, 0.717) is 38.3 Å². The lowest BCUT2D eigenvalue weighted by Gasteiger charge is -2.33. The molecular weight excluding hydrogens is 350 g/mol. The molecule has 0 aromatic heterocycles. The maximum atomic E-state index is 13.6. The van der Waals surface area contributed by atoms with Crippen molar-refractivity contribution in [2.45, 2.75) is 0 Å². The van der Waals surface area contributed by atoms with E-state index in [1.54, 1.807) is 12.1 Å². The van der Waals surface area contributed by atoms with Gasteiger partial charge in [0.1, 0.15) is 11.6 Å². The van der Waals surface area contributed by atoms with Gasteiger partial charge in [-0.2, -0.15) is 0 Å². The van der Waals surface area contributed by atoms with Crippen molar-refractivity contribution in [3.8, 4) is 0 Å². The predicted molar refractivity (Wildman–Crippen MR) is 89.1 cm³/mol. The molecule has 0 aliphatic carbocycles. The van der Waals surface area contributed by atoms with Gasteiger partial charge in [-0.1, -0.05) is 0 Å². The van der Waals surface area contributed by atoms with E-state index in [0.717, 1.165) is 10.6 Å². The minimum atomic E-state index is -1.30. The number of quaternary nitrogens is 1. The highest BCUT2D eigenvalue weighted by molar-refractivity contribution is 5.91. The largest absolute Gasteiger partial charge is 0.360 e. The van der Waals surface area contributed by atoms with Gasteiger partial charge >= 0.3 is 0 Å². The summed E-state index contributed by atoms with van der Waals surface area (Å²) in [5.41, 5.74) is 0.539. The Kier molecular flexibility index (Phi) is 5.41. The van der Waals surface area contributed by atoms with E-state index in [4.69, 9.17) is 0 Å². The average Bonchev–Trinajstić information content (AvgIpc) is 2.61. The summed E-state index contributed by atoms with van der Waals surface area (Å²) in [5, 5.41) is 2.28. The minimum Gasteiger partial charge on any atom is -0.360 e. The van der Waals surface area contributed by atoms with Crippen molar-refractivity contribution in [3.63, 3.8) is 0 Å². The van der Waals surface area contributed by atoms with E-state index in [1.807, 2.05) is 0 Å². The number of carbonyl (C=O) groups is 1. The van der Waals surface area contributed by atoms with Gasteiger partial charge in [-0.15, -0.1) is 0 Å². The van der Waals surface area contributed by atoms with Gasteiger partial charge in [0.05, 0.1) is 31.9 Å². The lowest BCUT2D eigenvalue weighted by Crippen LogP contribution is -3.15. The predicted octanol–water partition coefficient (Wildman–Crippen LogP) is 1.59. The average molecular weight is 368 g/mol. The Hall–Kier alpha value is -2.61. The molecule has 4 nitrogen and oxygen atoms in total. The van der Waals surface area contributed by atoms with Crippen LogP contribution < -0.4 is 15.1 Å². The Balaban J connectivity index is 1.52. The molecule has 0 bridgehead atoms. The van der Waals surface area contributed by atoms with Gasteiger partial charge in [0.15, 0.2) is 18.2 Å². The van der Waals surface area contributed by atoms with Gasteiger partial charge in [0.2, 0.25) is 0 Å². The first-order valence-electron chi connectivity index (χ1n) is 8.21. The number of amides is 1. The monoisotopic (exact) mass is 368 g/mol. The molecule has 2 aromatic rings. The number of piperazine rings is 1. The van der Waals surface area contributed by atoms with Gasteiger partial charge in [-0.3, -0.25) is 4.79 Å². The standard InChI is InChI=1S/C18H17F4N3O/c19-12-1-3-13(4-2-12)25-7-5-24(6-8-25)11-18(26)23-17-10-15(21)14(20)9-16(17)22/h1-4,9-10H,5-8,11H2,(H,23,26)/p+1. The second-order valence-electron chi connectivity index (χ2n) is 6.18. The van der Waals surface area contributed by atoms with Crippen LogP contribution in [0.3, 0.4) is 0 Å². The van der Waals surface area contributed by atoms with E-state index >= 15 is 0 Å². The number of benzene rings is 2. The van der Waals surface area contributed by atoms with Crippen LogP contribution in [-0.2, 0) is 4.79 Å². The van der Waals surface area contributed by atoms with Crippen molar-refractivity contribution in [2.24, 2.45) is 0 Å². The molecule has 2 aromatic carbocycles. The first-order chi connectivity index (χ1) is 12.4. The van der Waals surface area contributed by atoms with Gasteiger partial charge in [-0.25, -0.2) is 17.6 Å². The van der Waals surface area contributed by atoms with E-state index in [9.17, 15) is 22.4 Å². The molecule has 1 fully saturated rings. The molecule has 1 heterocycles. The molecule has 1 amide bonds. The molecule has 0 saturated carbocycles. The van der Waals surface area contributed by atoms with Crippen LogP contribution in [0.1, 0.15) is 0 Å². The number of nitrogens with zero attached hydrogens (tertiary/aromatic N) is 1. The maximum absolute atomic E-state index is 13.6. The van der Waals surface area contributed by atoms with E-state index in [1.165, 1.54) is 12.1 Å². The molecule has 0 spiro atoms. The molecule has 0 radical (unpaired) electrons. The Bertz CT molecular complexity index is 790. The SMILES string of the molecule is O=C(C[NH+]1CCN(c2ccc(F)cc2)CC1)Nc1cc(F)c(F)cc1F. The molecule has 3 rings (SSSR count). The fraction of sp³-hybridized carbons (Fsp3) is 0.278. The van der Waals surface area contributed by atoms with Crippen LogP contribution in [0.25, 0.3) is 0 Å². The van der Waals surface area contributed by atoms with Crippen molar-refractivity contribution in [1.82, 2.24) is 0 Å². The third-order valence-corrected chi connectivity index (χ3v) is 4.36. The molecular formula is C18H18F4N3O+. The van der Waals surface area contributed by atoms with Gasteiger partial charge in [0, 0.05) is 17.8 Å². The molecule has 26 heavy (non-hydrogen) atoms. The summed E-state index contributed by atoms with van der Waals surface area (Å²) < 4.78 is 52.6. The van der Waals surface area contributed by atoms with Crippen LogP contribution in [0.2, 0.25) is 0 Å². The van der Waals surface area contributed by atoms with Crippen molar-refractivity contribution >= 4 is 17.3 Å². The number of anilines is 2. The normalized spacial score (nSPS) is 15.2. The molecule has 1 aliphatic heterocycles. The van der Waals surface area contributed by atoms with E-state index in [-0.39, 0.29) is 18.0 Å². The summed E-state index contributed by atoms with van der Waals surface area (Å²) in [6, 6.07) is 7.25. The fourth-order valence-corrected chi connectivity index (χ4v) is 2.95. The summed E-state index contributed by atoms with van der Waals surface area (Å²) >= 11 is 0. The zero-order chi connectivity index (χ0) is 18.7. The van der Waals surface area contributed by atoms with Crippen molar-refractivity contribution in [3.05, 3.63) is 59.7 Å². The summed E-state index contributed by atoms with van der Waals surface area (Å²) in [6.45, 7) is 2.81. The van der Waals surface area contributed by atoms with Crippen molar-refractivity contribution < 1.29 is 27.3 Å². The minimum absolute atomic E-state index is 0.0929. The van der Waals surface area contributed by atoms with Crippen LogP contribution in [0, 0.1) is 23.3 Å². The first kappa shape index (κ1) is 18.2. The number of hydrogen-bond donors (Lipinski definition) is 2. The first-order valence-corrected chi connectivity index (χ1v) is 8.21. The van der Waals surface area contributed by atoms with E-state index < -0.39 is 23.4 Å². The van der Waals surface area contributed by atoms with Crippen LogP contribution >= 0.6 is 0 Å². The Labute approximate surface area is 148 Å². The number of nitrogens with one attached hydrogen (secondary N) is 2. The number of hydrogen-bond acceptors (Lipinski definition) is 2. The maximum Gasteiger partial charge on any atom is 0.279 e. The summed E-state index contributed by atoms with van der Waals surface area (Å²) in [4.78, 5) is 15.1. The third-order valence-electron chi connectivity index (χ3n) is 4.36. The zero-order valence-corrected chi connectivity index (χ0v) is 13.9. The Morgan fingerprint density at radius 1 is 0.962 bits per heavy atom. The highest BCUT2D eigenvalue weighted by atomic mass is 19.2. The number of halogens is 4. The molecule has 8 heteroatoms. The van der Waals surface area contributed by atoms with Crippen molar-refractivity contribution in [1.29, 1.82) is 0 Å². The topological polar surface area (TPSA) is 36.8 Å². The molecule has 2 N–H and O–H groups in total. The van der Waals surface area contributed by atoms with Gasteiger partial charge in [-0.05, 0) is 24.3 Å². The van der Waals surface area contributed by atoms with Crippen molar-refractivity contribution in [2.75, 3.05) is 42.9 Å². The summed E-state index contributed by atoms with van der Waals surface area (Å²) in [6.07, 6.45) is 0. The second kappa shape index (κ2) is 7.74. The van der Waals surface area contributed by atoms with Gasteiger partial charge < -0.3 is 15.1 Å². The molecule has 1 aliphatic rings. The third kappa shape index (κ3) is 4.32. The van der Waals surface area contributed by atoms with Gasteiger partial charge in [0.25, 0.3) is 5.91 Å². The molecule has 0 atom stereocenters. The molecule has 1 saturated heterocycles. The van der Waals surface area contributed by atoms with Crippen LogP contribution in [0.4, 0.5) is 28.9 Å². The highest BCUT2D eigenvalue weighted by Crippen LogP contribution is 2.18. The van der Waals surface area contributed by atoms with Crippen LogP contribution in [0.15, 0.2) is 36.4 Å². The lowest BCUT2D eigenvalue weighted by atomic mass is 10.2. The fourth-order valence-electron chi connectivity index (χ4n) is 2.95. The second-order valence-corrected chi connectivity index (χ2v) is 6.18. The highest BCUT2D eigenvalue weighted by Gasteiger charge is 2.23.